The van der Waals surface area contributed by atoms with E-state index in [2.05, 4.69) is 18.7 Å². The van der Waals surface area contributed by atoms with Crippen molar-refractivity contribution in [1.82, 2.24) is 4.90 Å². The Morgan fingerprint density at radius 3 is 2.78 bits per heavy atom. The van der Waals surface area contributed by atoms with E-state index in [-0.39, 0.29) is 17.2 Å². The molecule has 1 aliphatic heterocycles. The fourth-order valence-electron chi connectivity index (χ4n) is 3.86. The van der Waals surface area contributed by atoms with Crippen LogP contribution in [0, 0.1) is 0 Å². The largest absolute Gasteiger partial charge is 0.379 e. The molecule has 0 aromatic heterocycles. The maximum Gasteiger partial charge on any atom is 0.0767 e. The molecular weight excluding hydrogens is 228 g/mol. The molecule has 1 saturated carbocycles. The molecule has 2 unspecified atom stereocenters. The Kier molecular flexibility index (Phi) is 4.32. The highest BCUT2D eigenvalue weighted by molar-refractivity contribution is 5.06. The van der Waals surface area contributed by atoms with E-state index in [0.29, 0.717) is 6.54 Å². The second-order valence-corrected chi connectivity index (χ2v) is 6.29. The normalized spacial score (nSPS) is 37.7. The standard InChI is InChI=1S/C14H28N2O2/c1-13(2)11-18-9-8-16(13)14(10-15)7-5-4-6-12(14)17-3/h12H,4-11,15H2,1-3H3. The summed E-state index contributed by atoms with van der Waals surface area (Å²) in [5, 5.41) is 0. The fourth-order valence-corrected chi connectivity index (χ4v) is 3.86. The lowest BCUT2D eigenvalue weighted by molar-refractivity contribution is -0.157. The highest BCUT2D eigenvalue weighted by Gasteiger charge is 2.50. The Labute approximate surface area is 111 Å². The monoisotopic (exact) mass is 256 g/mol. The van der Waals surface area contributed by atoms with Gasteiger partial charge in [0.1, 0.15) is 0 Å². The molecular formula is C14H28N2O2. The minimum Gasteiger partial charge on any atom is -0.379 e. The number of hydrogen-bond donors (Lipinski definition) is 1. The first-order valence-corrected chi connectivity index (χ1v) is 7.15. The van der Waals surface area contributed by atoms with E-state index >= 15 is 0 Å². The van der Waals surface area contributed by atoms with Gasteiger partial charge in [0.25, 0.3) is 0 Å². The molecule has 106 valence electrons. The molecule has 2 atom stereocenters. The lowest BCUT2D eigenvalue weighted by Gasteiger charge is -2.57. The maximum atomic E-state index is 6.19. The van der Waals surface area contributed by atoms with Crippen LogP contribution in [0.2, 0.25) is 0 Å². The van der Waals surface area contributed by atoms with Gasteiger partial charge in [-0.2, -0.15) is 0 Å². The summed E-state index contributed by atoms with van der Waals surface area (Å²) in [6.45, 7) is 7.74. The van der Waals surface area contributed by atoms with E-state index in [1.807, 2.05) is 7.11 Å². The van der Waals surface area contributed by atoms with Crippen molar-refractivity contribution in [2.24, 2.45) is 5.73 Å². The van der Waals surface area contributed by atoms with Gasteiger partial charge in [-0.3, -0.25) is 4.90 Å². The van der Waals surface area contributed by atoms with Crippen LogP contribution in [0.3, 0.4) is 0 Å². The van der Waals surface area contributed by atoms with E-state index in [4.69, 9.17) is 15.2 Å². The molecule has 0 spiro atoms. The number of morpholine rings is 1. The number of nitrogens with zero attached hydrogens (tertiary/aromatic N) is 1. The van der Waals surface area contributed by atoms with E-state index < -0.39 is 0 Å². The molecule has 1 aliphatic carbocycles. The maximum absolute atomic E-state index is 6.19. The molecule has 0 aromatic carbocycles. The van der Waals surface area contributed by atoms with Crippen molar-refractivity contribution in [3.8, 4) is 0 Å². The predicted octanol–water partition coefficient (Wildman–Crippen LogP) is 1.38. The molecule has 0 bridgehead atoms. The summed E-state index contributed by atoms with van der Waals surface area (Å²) >= 11 is 0. The van der Waals surface area contributed by atoms with Gasteiger partial charge in [-0.1, -0.05) is 12.8 Å². The molecule has 2 rings (SSSR count). The fraction of sp³-hybridized carbons (Fsp3) is 1.00. The lowest BCUT2D eigenvalue weighted by atomic mass is 9.75. The Hall–Kier alpha value is -0.160. The minimum absolute atomic E-state index is 0.000278. The molecule has 0 amide bonds. The SMILES string of the molecule is COC1CCCCC1(CN)N1CCOCC1(C)C. The van der Waals surface area contributed by atoms with Crippen LogP contribution in [-0.4, -0.2) is 55.5 Å². The van der Waals surface area contributed by atoms with Crippen molar-refractivity contribution >= 4 is 0 Å². The summed E-state index contributed by atoms with van der Waals surface area (Å²) in [4.78, 5) is 2.57. The van der Waals surface area contributed by atoms with Crippen molar-refractivity contribution in [2.75, 3.05) is 33.4 Å². The van der Waals surface area contributed by atoms with Crippen molar-refractivity contribution in [3.05, 3.63) is 0 Å². The molecule has 1 heterocycles. The number of methoxy groups -OCH3 is 1. The van der Waals surface area contributed by atoms with E-state index in [0.717, 1.165) is 32.6 Å². The van der Waals surface area contributed by atoms with Crippen molar-refractivity contribution in [3.63, 3.8) is 0 Å². The Morgan fingerprint density at radius 1 is 1.39 bits per heavy atom. The van der Waals surface area contributed by atoms with Gasteiger partial charge in [0.05, 0.1) is 24.9 Å². The second-order valence-electron chi connectivity index (χ2n) is 6.29. The zero-order valence-electron chi connectivity index (χ0n) is 12.1. The third-order valence-electron chi connectivity index (χ3n) is 4.75. The zero-order chi connectivity index (χ0) is 13.2. The third kappa shape index (κ3) is 2.31. The first-order valence-electron chi connectivity index (χ1n) is 7.15. The van der Waals surface area contributed by atoms with Crippen LogP contribution >= 0.6 is 0 Å². The average Bonchev–Trinajstić information content (AvgIpc) is 2.38. The Morgan fingerprint density at radius 2 is 2.17 bits per heavy atom. The van der Waals surface area contributed by atoms with Crippen LogP contribution in [0.25, 0.3) is 0 Å². The number of ether oxygens (including phenoxy) is 2. The van der Waals surface area contributed by atoms with Gasteiger partial charge in [-0.05, 0) is 26.7 Å². The summed E-state index contributed by atoms with van der Waals surface area (Å²) in [5.41, 5.74) is 6.24. The van der Waals surface area contributed by atoms with E-state index in [1.54, 1.807) is 0 Å². The molecule has 4 nitrogen and oxygen atoms in total. The lowest BCUT2D eigenvalue weighted by Crippen LogP contribution is -2.71. The second kappa shape index (κ2) is 5.45. The topological polar surface area (TPSA) is 47.7 Å². The summed E-state index contributed by atoms with van der Waals surface area (Å²) in [6.07, 6.45) is 5.04. The number of rotatable bonds is 3. The van der Waals surface area contributed by atoms with Crippen molar-refractivity contribution < 1.29 is 9.47 Å². The summed E-state index contributed by atoms with van der Waals surface area (Å²) < 4.78 is 11.4. The van der Waals surface area contributed by atoms with Crippen LogP contribution in [0.15, 0.2) is 0 Å². The van der Waals surface area contributed by atoms with Crippen LogP contribution in [0.5, 0.6) is 0 Å². The molecule has 1 saturated heterocycles. The van der Waals surface area contributed by atoms with E-state index in [9.17, 15) is 0 Å². The van der Waals surface area contributed by atoms with Gasteiger partial charge in [0.2, 0.25) is 0 Å². The zero-order valence-corrected chi connectivity index (χ0v) is 12.1. The highest BCUT2D eigenvalue weighted by atomic mass is 16.5. The molecule has 2 aliphatic rings. The van der Waals surface area contributed by atoms with Gasteiger partial charge in [-0.25, -0.2) is 0 Å². The molecule has 0 radical (unpaired) electrons. The first-order chi connectivity index (χ1) is 8.57. The van der Waals surface area contributed by atoms with Gasteiger partial charge in [0, 0.05) is 25.7 Å². The van der Waals surface area contributed by atoms with Crippen LogP contribution in [0.1, 0.15) is 39.5 Å². The molecule has 18 heavy (non-hydrogen) atoms. The molecule has 2 N–H and O–H groups in total. The highest BCUT2D eigenvalue weighted by Crippen LogP contribution is 2.39. The van der Waals surface area contributed by atoms with Crippen LogP contribution in [-0.2, 0) is 9.47 Å². The summed E-state index contributed by atoms with van der Waals surface area (Å²) in [5.74, 6) is 0. The van der Waals surface area contributed by atoms with Gasteiger partial charge >= 0.3 is 0 Å². The van der Waals surface area contributed by atoms with Gasteiger partial charge < -0.3 is 15.2 Å². The number of hydrogen-bond acceptors (Lipinski definition) is 4. The Bertz CT molecular complexity index is 283. The third-order valence-corrected chi connectivity index (χ3v) is 4.75. The van der Waals surface area contributed by atoms with Crippen LogP contribution < -0.4 is 5.73 Å². The molecule has 4 heteroatoms. The molecule has 0 aromatic rings. The first kappa shape index (κ1) is 14.3. The van der Waals surface area contributed by atoms with Gasteiger partial charge in [-0.15, -0.1) is 0 Å². The minimum atomic E-state index is 0.000278. The Balaban J connectivity index is 2.28. The van der Waals surface area contributed by atoms with E-state index in [1.165, 1.54) is 12.8 Å². The predicted molar refractivity (Wildman–Crippen MR) is 72.7 cm³/mol. The molecule has 2 fully saturated rings. The van der Waals surface area contributed by atoms with Gasteiger partial charge in [0.15, 0.2) is 0 Å². The summed E-state index contributed by atoms with van der Waals surface area (Å²) in [6, 6.07) is 0. The van der Waals surface area contributed by atoms with Crippen molar-refractivity contribution in [2.45, 2.75) is 56.7 Å². The average molecular weight is 256 g/mol. The summed E-state index contributed by atoms with van der Waals surface area (Å²) in [7, 11) is 1.83. The number of nitrogens with two attached hydrogens (primary N) is 1. The van der Waals surface area contributed by atoms with Crippen molar-refractivity contribution in [1.29, 1.82) is 0 Å². The quantitative estimate of drug-likeness (QED) is 0.829. The van der Waals surface area contributed by atoms with Crippen LogP contribution in [0.4, 0.5) is 0 Å². The smallest absolute Gasteiger partial charge is 0.0767 e.